The number of hydrogen-bond acceptors (Lipinski definition) is 2. The Labute approximate surface area is 85.2 Å². The molecular weight excluding hydrogens is 176 g/mol. The molecule has 0 atom stereocenters. The van der Waals surface area contributed by atoms with Crippen LogP contribution in [0.1, 0.15) is 18.1 Å². The van der Waals surface area contributed by atoms with Crippen molar-refractivity contribution in [2.45, 2.75) is 20.3 Å². The molecule has 0 unspecified atom stereocenters. The summed E-state index contributed by atoms with van der Waals surface area (Å²) >= 11 is 0. The Kier molecular flexibility index (Phi) is 3.67. The zero-order valence-electron chi connectivity index (χ0n) is 8.83. The van der Waals surface area contributed by atoms with E-state index in [-0.39, 0.29) is 13.2 Å². The molecule has 0 amide bonds. The molecular formula is C12H18O2. The van der Waals surface area contributed by atoms with Crippen LogP contribution in [-0.4, -0.2) is 23.4 Å². The summed E-state index contributed by atoms with van der Waals surface area (Å²) in [6.07, 6.45) is 0.710. The molecule has 0 aliphatic heterocycles. The van der Waals surface area contributed by atoms with Gasteiger partial charge in [-0.15, -0.1) is 0 Å². The zero-order chi connectivity index (χ0) is 10.6. The Morgan fingerprint density at radius 3 is 2.36 bits per heavy atom. The van der Waals surface area contributed by atoms with Gasteiger partial charge in [0.2, 0.25) is 0 Å². The van der Waals surface area contributed by atoms with E-state index in [1.807, 2.05) is 32.0 Å². The molecule has 0 aliphatic rings. The minimum Gasteiger partial charge on any atom is -0.396 e. The summed E-state index contributed by atoms with van der Waals surface area (Å²) in [6, 6.07) is 8.15. The highest BCUT2D eigenvalue weighted by molar-refractivity contribution is 5.23. The predicted octanol–water partition coefficient (Wildman–Crippen LogP) is 1.53. The number of aryl methyl sites for hydroxylation is 1. The fourth-order valence-electron chi connectivity index (χ4n) is 1.48. The van der Waals surface area contributed by atoms with Crippen molar-refractivity contribution < 1.29 is 10.2 Å². The van der Waals surface area contributed by atoms with Crippen LogP contribution in [-0.2, 0) is 6.42 Å². The molecule has 0 aromatic heterocycles. The summed E-state index contributed by atoms with van der Waals surface area (Å²) in [7, 11) is 0. The Hall–Kier alpha value is -0.860. The van der Waals surface area contributed by atoms with Gasteiger partial charge in [-0.05, 0) is 18.9 Å². The summed E-state index contributed by atoms with van der Waals surface area (Å²) in [5.74, 6) is 0. The van der Waals surface area contributed by atoms with E-state index in [0.717, 1.165) is 5.56 Å². The maximum absolute atomic E-state index is 9.16. The van der Waals surface area contributed by atoms with Gasteiger partial charge in [-0.2, -0.15) is 0 Å². The zero-order valence-corrected chi connectivity index (χ0v) is 8.83. The lowest BCUT2D eigenvalue weighted by Gasteiger charge is -2.24. The fourth-order valence-corrected chi connectivity index (χ4v) is 1.48. The standard InChI is InChI=1S/C12H18O2/c1-10-4-3-5-11(6-10)7-12(2,8-13)9-14/h3-6,13-14H,7-9H2,1-2H3. The number of aliphatic hydroxyl groups is 2. The van der Waals surface area contributed by atoms with E-state index < -0.39 is 5.41 Å². The SMILES string of the molecule is Cc1cccc(CC(C)(CO)CO)c1. The molecule has 2 N–H and O–H groups in total. The average Bonchev–Trinajstić information content (AvgIpc) is 2.18. The van der Waals surface area contributed by atoms with Crippen molar-refractivity contribution in [3.05, 3.63) is 35.4 Å². The van der Waals surface area contributed by atoms with Crippen molar-refractivity contribution in [1.29, 1.82) is 0 Å². The van der Waals surface area contributed by atoms with Gasteiger partial charge in [-0.25, -0.2) is 0 Å². The Balaban J connectivity index is 2.77. The normalized spacial score (nSPS) is 11.7. The van der Waals surface area contributed by atoms with E-state index in [1.165, 1.54) is 5.56 Å². The first-order valence-corrected chi connectivity index (χ1v) is 4.87. The second-order valence-electron chi connectivity index (χ2n) is 4.29. The highest BCUT2D eigenvalue weighted by Gasteiger charge is 2.22. The van der Waals surface area contributed by atoms with Gasteiger partial charge < -0.3 is 10.2 Å². The second-order valence-corrected chi connectivity index (χ2v) is 4.29. The Bertz CT molecular complexity index is 290. The second kappa shape index (κ2) is 4.58. The summed E-state index contributed by atoms with van der Waals surface area (Å²) in [5, 5.41) is 18.3. The van der Waals surface area contributed by atoms with Crippen LogP contribution in [0.25, 0.3) is 0 Å². The van der Waals surface area contributed by atoms with E-state index in [2.05, 4.69) is 6.07 Å². The van der Waals surface area contributed by atoms with Gasteiger partial charge in [-0.3, -0.25) is 0 Å². The molecule has 0 saturated carbocycles. The first kappa shape index (κ1) is 11.2. The maximum atomic E-state index is 9.16. The van der Waals surface area contributed by atoms with E-state index in [4.69, 9.17) is 10.2 Å². The lowest BCUT2D eigenvalue weighted by Crippen LogP contribution is -2.28. The molecule has 14 heavy (non-hydrogen) atoms. The minimum absolute atomic E-state index is 0.0114. The van der Waals surface area contributed by atoms with Gasteiger partial charge in [0, 0.05) is 5.41 Å². The van der Waals surface area contributed by atoms with Crippen molar-refractivity contribution in [3.8, 4) is 0 Å². The molecule has 1 aromatic rings. The molecule has 0 aliphatic carbocycles. The number of hydrogen-bond donors (Lipinski definition) is 2. The molecule has 0 fully saturated rings. The van der Waals surface area contributed by atoms with Crippen LogP contribution in [0.4, 0.5) is 0 Å². The van der Waals surface area contributed by atoms with E-state index in [1.54, 1.807) is 0 Å². The molecule has 0 bridgehead atoms. The first-order valence-electron chi connectivity index (χ1n) is 4.87. The number of benzene rings is 1. The van der Waals surface area contributed by atoms with Crippen LogP contribution in [0, 0.1) is 12.3 Å². The van der Waals surface area contributed by atoms with Crippen molar-refractivity contribution in [2.24, 2.45) is 5.41 Å². The smallest absolute Gasteiger partial charge is 0.0509 e. The third-order valence-corrected chi connectivity index (χ3v) is 2.48. The van der Waals surface area contributed by atoms with Crippen molar-refractivity contribution >= 4 is 0 Å². The van der Waals surface area contributed by atoms with Gasteiger partial charge >= 0.3 is 0 Å². The molecule has 2 heteroatoms. The molecule has 2 nitrogen and oxygen atoms in total. The monoisotopic (exact) mass is 194 g/mol. The largest absolute Gasteiger partial charge is 0.396 e. The van der Waals surface area contributed by atoms with Crippen molar-refractivity contribution in [1.82, 2.24) is 0 Å². The molecule has 1 rings (SSSR count). The van der Waals surface area contributed by atoms with Crippen molar-refractivity contribution in [3.63, 3.8) is 0 Å². The fraction of sp³-hybridized carbons (Fsp3) is 0.500. The van der Waals surface area contributed by atoms with Crippen molar-refractivity contribution in [2.75, 3.05) is 13.2 Å². The van der Waals surface area contributed by atoms with Gasteiger partial charge in [0.05, 0.1) is 13.2 Å². The first-order chi connectivity index (χ1) is 6.59. The summed E-state index contributed by atoms with van der Waals surface area (Å²) in [6.45, 7) is 3.95. The molecule has 0 radical (unpaired) electrons. The topological polar surface area (TPSA) is 40.5 Å². The number of rotatable bonds is 4. The summed E-state index contributed by atoms with van der Waals surface area (Å²) in [4.78, 5) is 0. The Morgan fingerprint density at radius 1 is 1.21 bits per heavy atom. The molecule has 0 heterocycles. The van der Waals surface area contributed by atoms with Crippen LogP contribution in [0.15, 0.2) is 24.3 Å². The van der Waals surface area contributed by atoms with Crippen LogP contribution in [0.2, 0.25) is 0 Å². The van der Waals surface area contributed by atoms with E-state index in [0.29, 0.717) is 6.42 Å². The van der Waals surface area contributed by atoms with Crippen LogP contribution >= 0.6 is 0 Å². The molecule has 0 spiro atoms. The minimum atomic E-state index is -0.409. The lowest BCUT2D eigenvalue weighted by atomic mass is 9.85. The summed E-state index contributed by atoms with van der Waals surface area (Å²) < 4.78 is 0. The average molecular weight is 194 g/mol. The van der Waals surface area contributed by atoms with Gasteiger partial charge in [0.25, 0.3) is 0 Å². The highest BCUT2D eigenvalue weighted by atomic mass is 16.3. The van der Waals surface area contributed by atoms with E-state index in [9.17, 15) is 0 Å². The van der Waals surface area contributed by atoms with Crippen LogP contribution in [0.5, 0.6) is 0 Å². The molecule has 78 valence electrons. The predicted molar refractivity (Wildman–Crippen MR) is 57.2 cm³/mol. The quantitative estimate of drug-likeness (QED) is 0.763. The third-order valence-electron chi connectivity index (χ3n) is 2.48. The van der Waals surface area contributed by atoms with Gasteiger partial charge in [0.1, 0.15) is 0 Å². The molecule has 1 aromatic carbocycles. The van der Waals surface area contributed by atoms with Crippen LogP contribution < -0.4 is 0 Å². The van der Waals surface area contributed by atoms with E-state index >= 15 is 0 Å². The maximum Gasteiger partial charge on any atom is 0.0509 e. The van der Waals surface area contributed by atoms with Gasteiger partial charge in [0.15, 0.2) is 0 Å². The third kappa shape index (κ3) is 2.82. The highest BCUT2D eigenvalue weighted by Crippen LogP contribution is 2.21. The number of aliphatic hydroxyl groups excluding tert-OH is 2. The lowest BCUT2D eigenvalue weighted by molar-refractivity contribution is 0.0704. The summed E-state index contributed by atoms with van der Waals surface area (Å²) in [5.41, 5.74) is 1.96. The Morgan fingerprint density at radius 2 is 1.86 bits per heavy atom. The molecule has 0 saturated heterocycles. The van der Waals surface area contributed by atoms with Crippen LogP contribution in [0.3, 0.4) is 0 Å². The van der Waals surface area contributed by atoms with Gasteiger partial charge in [-0.1, -0.05) is 36.8 Å².